The van der Waals surface area contributed by atoms with E-state index < -0.39 is 0 Å². The normalized spacial score (nSPS) is 10.1. The van der Waals surface area contributed by atoms with Crippen molar-refractivity contribution in [3.05, 3.63) is 47.2 Å². The maximum Gasteiger partial charge on any atom is 0.225 e. The Bertz CT molecular complexity index is 667. The third kappa shape index (κ3) is 3.04. The second kappa shape index (κ2) is 6.02. The van der Waals surface area contributed by atoms with Gasteiger partial charge in [-0.15, -0.1) is 0 Å². The fraction of sp³-hybridized carbons (Fsp3) is 0.267. The van der Waals surface area contributed by atoms with Crippen molar-refractivity contribution >= 4 is 11.7 Å². The number of rotatable bonds is 4. The van der Waals surface area contributed by atoms with Crippen LogP contribution < -0.4 is 5.32 Å². The molecule has 0 saturated heterocycles. The molecule has 2 aromatic rings. The monoisotopic (exact) mass is 268 g/mol. The number of nitrogens with one attached hydrogen (secondary N) is 1. The van der Waals surface area contributed by atoms with Crippen molar-refractivity contribution in [1.82, 2.24) is 9.78 Å². The van der Waals surface area contributed by atoms with Crippen LogP contribution in [-0.2, 0) is 18.3 Å². The molecule has 0 radical (unpaired) electrons. The highest BCUT2D eigenvalue weighted by atomic mass is 16.1. The van der Waals surface area contributed by atoms with Crippen LogP contribution in [0.25, 0.3) is 0 Å². The number of carbonyl (C=O) groups excluding carboxylic acids is 1. The van der Waals surface area contributed by atoms with Gasteiger partial charge in [0.25, 0.3) is 0 Å². The van der Waals surface area contributed by atoms with Crippen LogP contribution in [0, 0.1) is 18.3 Å². The number of carbonyl (C=O) groups is 1. The summed E-state index contributed by atoms with van der Waals surface area (Å²) in [6.45, 7) is 2.03. The zero-order valence-corrected chi connectivity index (χ0v) is 11.6. The van der Waals surface area contributed by atoms with Crippen molar-refractivity contribution in [2.24, 2.45) is 7.05 Å². The van der Waals surface area contributed by atoms with Crippen molar-refractivity contribution in [3.63, 3.8) is 0 Å². The second-order valence-electron chi connectivity index (χ2n) is 4.62. The second-order valence-corrected chi connectivity index (χ2v) is 4.62. The van der Waals surface area contributed by atoms with Crippen LogP contribution in [0.1, 0.15) is 23.1 Å². The molecule has 0 aliphatic carbocycles. The van der Waals surface area contributed by atoms with Gasteiger partial charge >= 0.3 is 0 Å². The van der Waals surface area contributed by atoms with Gasteiger partial charge in [0, 0.05) is 13.5 Å². The molecule has 0 bridgehead atoms. The Hall–Kier alpha value is -2.61. The number of nitrogens with zero attached hydrogens (tertiary/aromatic N) is 3. The molecule has 0 aliphatic rings. The zero-order chi connectivity index (χ0) is 14.5. The van der Waals surface area contributed by atoms with E-state index in [0.717, 1.165) is 5.56 Å². The molecule has 20 heavy (non-hydrogen) atoms. The van der Waals surface area contributed by atoms with Gasteiger partial charge in [-0.3, -0.25) is 9.48 Å². The fourth-order valence-electron chi connectivity index (χ4n) is 2.00. The molecule has 0 spiro atoms. The summed E-state index contributed by atoms with van der Waals surface area (Å²) in [6.07, 6.45) is 2.50. The first kappa shape index (κ1) is 13.8. The van der Waals surface area contributed by atoms with Crippen LogP contribution in [0.2, 0.25) is 0 Å². The predicted molar refractivity (Wildman–Crippen MR) is 76.1 cm³/mol. The van der Waals surface area contributed by atoms with Crippen LogP contribution in [0.15, 0.2) is 30.5 Å². The highest BCUT2D eigenvalue weighted by Crippen LogP contribution is 2.14. The first-order valence-electron chi connectivity index (χ1n) is 6.38. The summed E-state index contributed by atoms with van der Waals surface area (Å²) in [6, 6.07) is 10.0. The van der Waals surface area contributed by atoms with E-state index in [2.05, 4.69) is 10.4 Å². The van der Waals surface area contributed by atoms with Gasteiger partial charge in [-0.05, 0) is 24.5 Å². The Morgan fingerprint density at radius 1 is 1.45 bits per heavy atom. The summed E-state index contributed by atoms with van der Waals surface area (Å²) in [4.78, 5) is 12.0. The van der Waals surface area contributed by atoms with Crippen molar-refractivity contribution in [3.8, 4) is 6.07 Å². The molecule has 1 aromatic heterocycles. The van der Waals surface area contributed by atoms with E-state index in [1.165, 1.54) is 16.4 Å². The maximum absolute atomic E-state index is 12.0. The highest BCUT2D eigenvalue weighted by Gasteiger charge is 2.11. The molecule has 102 valence electrons. The molecule has 0 saturated carbocycles. The summed E-state index contributed by atoms with van der Waals surface area (Å²) < 4.78 is 1.49. The number of hydrogen-bond donors (Lipinski definition) is 1. The summed E-state index contributed by atoms with van der Waals surface area (Å²) in [5.41, 5.74) is 2.71. The van der Waals surface area contributed by atoms with Crippen LogP contribution in [-0.4, -0.2) is 15.7 Å². The van der Waals surface area contributed by atoms with E-state index in [4.69, 9.17) is 5.26 Å². The van der Waals surface area contributed by atoms with Crippen molar-refractivity contribution in [1.29, 1.82) is 5.26 Å². The minimum absolute atomic E-state index is 0.117. The maximum atomic E-state index is 12.0. The molecule has 0 atom stereocenters. The summed E-state index contributed by atoms with van der Waals surface area (Å²) in [5, 5.41) is 15.6. The van der Waals surface area contributed by atoms with Crippen LogP contribution in [0.5, 0.6) is 0 Å². The molecule has 0 unspecified atom stereocenters. The van der Waals surface area contributed by atoms with Gasteiger partial charge in [-0.1, -0.05) is 24.3 Å². The summed E-state index contributed by atoms with van der Waals surface area (Å²) >= 11 is 0. The minimum Gasteiger partial charge on any atom is -0.310 e. The fourth-order valence-corrected chi connectivity index (χ4v) is 2.00. The first-order valence-corrected chi connectivity index (χ1v) is 6.38. The molecule has 5 heteroatoms. The predicted octanol–water partition coefficient (Wildman–Crippen LogP) is 2.17. The topological polar surface area (TPSA) is 70.7 Å². The van der Waals surface area contributed by atoms with E-state index in [1.54, 1.807) is 7.05 Å². The number of nitriles is 1. The van der Waals surface area contributed by atoms with Gasteiger partial charge in [0.2, 0.25) is 5.91 Å². The van der Waals surface area contributed by atoms with Crippen molar-refractivity contribution < 1.29 is 4.79 Å². The molecule has 5 nitrogen and oxygen atoms in total. The number of aryl methyl sites for hydroxylation is 3. The largest absolute Gasteiger partial charge is 0.310 e. The Morgan fingerprint density at radius 2 is 2.20 bits per heavy atom. The van der Waals surface area contributed by atoms with Crippen molar-refractivity contribution in [2.75, 3.05) is 5.32 Å². The third-order valence-electron chi connectivity index (χ3n) is 3.20. The Labute approximate surface area is 117 Å². The molecule has 0 aliphatic heterocycles. The first-order chi connectivity index (χ1) is 9.61. The average molecular weight is 268 g/mol. The van der Waals surface area contributed by atoms with Crippen LogP contribution in [0.4, 0.5) is 5.82 Å². The van der Waals surface area contributed by atoms with Gasteiger partial charge in [0.1, 0.15) is 17.5 Å². The minimum atomic E-state index is -0.117. The highest BCUT2D eigenvalue weighted by molar-refractivity contribution is 5.91. The third-order valence-corrected chi connectivity index (χ3v) is 3.20. The number of benzene rings is 1. The smallest absolute Gasteiger partial charge is 0.225 e. The SMILES string of the molecule is Cc1ccccc1CCC(=O)Nc1c(C#N)cnn1C. The van der Waals surface area contributed by atoms with E-state index in [0.29, 0.717) is 24.2 Å². The molecular formula is C15H16N4O. The standard InChI is InChI=1S/C15H16N4O/c1-11-5-3-4-6-12(11)7-8-14(20)18-15-13(9-16)10-17-19(15)2/h3-6,10H,7-8H2,1-2H3,(H,18,20). The summed E-state index contributed by atoms with van der Waals surface area (Å²) in [7, 11) is 1.69. The van der Waals surface area contributed by atoms with Gasteiger partial charge < -0.3 is 5.32 Å². The lowest BCUT2D eigenvalue weighted by atomic mass is 10.0. The number of aromatic nitrogens is 2. The average Bonchev–Trinajstić information content (AvgIpc) is 2.79. The molecule has 2 rings (SSSR count). The lowest BCUT2D eigenvalue weighted by molar-refractivity contribution is -0.116. The molecule has 1 N–H and O–H groups in total. The number of amides is 1. The van der Waals surface area contributed by atoms with E-state index in [1.807, 2.05) is 37.3 Å². The lowest BCUT2D eigenvalue weighted by Crippen LogP contribution is -2.16. The Morgan fingerprint density at radius 3 is 2.90 bits per heavy atom. The van der Waals surface area contributed by atoms with E-state index in [9.17, 15) is 4.79 Å². The zero-order valence-electron chi connectivity index (χ0n) is 11.6. The molecular weight excluding hydrogens is 252 g/mol. The number of hydrogen-bond acceptors (Lipinski definition) is 3. The van der Waals surface area contributed by atoms with Gasteiger partial charge in [-0.25, -0.2) is 0 Å². The Kier molecular flexibility index (Phi) is 4.16. The quantitative estimate of drug-likeness (QED) is 0.923. The van der Waals surface area contributed by atoms with Gasteiger partial charge in [0.05, 0.1) is 6.20 Å². The van der Waals surface area contributed by atoms with Crippen LogP contribution >= 0.6 is 0 Å². The van der Waals surface area contributed by atoms with Crippen LogP contribution in [0.3, 0.4) is 0 Å². The molecule has 0 fully saturated rings. The van der Waals surface area contributed by atoms with Crippen molar-refractivity contribution in [2.45, 2.75) is 19.8 Å². The van der Waals surface area contributed by atoms with Gasteiger partial charge in [0.15, 0.2) is 0 Å². The summed E-state index contributed by atoms with van der Waals surface area (Å²) in [5.74, 6) is 0.329. The van der Waals surface area contributed by atoms with E-state index >= 15 is 0 Å². The molecule has 1 amide bonds. The van der Waals surface area contributed by atoms with E-state index in [-0.39, 0.29) is 5.91 Å². The number of anilines is 1. The molecule has 1 aromatic carbocycles. The lowest BCUT2D eigenvalue weighted by Gasteiger charge is -2.07. The van der Waals surface area contributed by atoms with Gasteiger partial charge in [-0.2, -0.15) is 10.4 Å². The molecule has 1 heterocycles. The Balaban J connectivity index is 1.98.